The molecule has 0 unspecified atom stereocenters. The van der Waals surface area contributed by atoms with Gasteiger partial charge in [-0.2, -0.15) is 0 Å². The average Bonchev–Trinajstić information content (AvgIpc) is 1.35. The van der Waals surface area contributed by atoms with Crippen molar-refractivity contribution in [3.63, 3.8) is 0 Å². The zero-order valence-corrected chi connectivity index (χ0v) is 5.08. The molecule has 0 atom stereocenters. The van der Waals surface area contributed by atoms with Crippen LogP contribution in [-0.4, -0.2) is 12.6 Å². The zero-order valence-electron chi connectivity index (χ0n) is 4.38. The maximum atomic E-state index is 9.82. The van der Waals surface area contributed by atoms with Gasteiger partial charge in [-0.25, -0.2) is 0 Å². The molecule has 7 heavy (non-hydrogen) atoms. The van der Waals surface area contributed by atoms with Gasteiger partial charge in [0.1, 0.15) is 0 Å². The number of carbonyl (C=O) groups excluding carboxylic acids is 1. The van der Waals surface area contributed by atoms with Gasteiger partial charge in [0.25, 0.3) is 0 Å². The smallest absolute Gasteiger partial charge is 0.302 e. The number of ether oxygens (including phenoxy) is 1. The minimum absolute atomic E-state index is 0. The molecule has 0 aliphatic heterocycles. The summed E-state index contributed by atoms with van der Waals surface area (Å²) >= 11 is 0. The fourth-order valence-electron chi connectivity index (χ4n) is 0.203. The third-order valence-electron chi connectivity index (χ3n) is 0.348. The third kappa shape index (κ3) is 10.8. The van der Waals surface area contributed by atoms with Crippen LogP contribution in [0.25, 0.3) is 0 Å². The zero-order chi connectivity index (χ0) is 4.99. The third-order valence-corrected chi connectivity index (χ3v) is 0.348. The van der Waals surface area contributed by atoms with Crippen LogP contribution in [0.2, 0.25) is 0 Å². The van der Waals surface area contributed by atoms with E-state index in [1.165, 1.54) is 6.92 Å². The second kappa shape index (κ2) is 6.73. The van der Waals surface area contributed by atoms with E-state index in [1.807, 2.05) is 0 Å². The predicted molar refractivity (Wildman–Crippen MR) is 22.3 cm³/mol. The van der Waals surface area contributed by atoms with Crippen molar-refractivity contribution in [1.82, 2.24) is 0 Å². The molecule has 0 rings (SSSR count). The Kier molecular flexibility index (Phi) is 10.3. The van der Waals surface area contributed by atoms with E-state index in [0.717, 1.165) is 0 Å². The number of esters is 1. The van der Waals surface area contributed by atoms with Gasteiger partial charge >= 0.3 is 5.97 Å². The van der Waals surface area contributed by atoms with Crippen LogP contribution >= 0.6 is 0 Å². The van der Waals surface area contributed by atoms with E-state index in [1.54, 1.807) is 6.92 Å². The summed E-state index contributed by atoms with van der Waals surface area (Å²) in [4.78, 5) is 9.82. The summed E-state index contributed by atoms with van der Waals surface area (Å²) in [6.45, 7) is 3.65. The molecule has 0 saturated carbocycles. The predicted octanol–water partition coefficient (Wildman–Crippen LogP) is 0.569. The number of rotatable bonds is 1. The van der Waals surface area contributed by atoms with Gasteiger partial charge in [-0.05, 0) is 6.92 Å². The van der Waals surface area contributed by atoms with E-state index in [4.69, 9.17) is 0 Å². The van der Waals surface area contributed by atoms with Crippen LogP contribution in [0.5, 0.6) is 0 Å². The quantitative estimate of drug-likeness (QED) is 0.482. The van der Waals surface area contributed by atoms with E-state index >= 15 is 0 Å². The van der Waals surface area contributed by atoms with Crippen molar-refractivity contribution in [3.05, 3.63) is 0 Å². The minimum atomic E-state index is -0.211. The molecule has 0 N–H and O–H groups in total. The van der Waals surface area contributed by atoms with Gasteiger partial charge < -0.3 is 4.74 Å². The molecule has 0 spiro atoms. The maximum absolute atomic E-state index is 9.82. The first-order chi connectivity index (χ1) is 2.77. The van der Waals surface area contributed by atoms with E-state index in [0.29, 0.717) is 6.61 Å². The molecule has 0 aliphatic carbocycles. The number of hydrogen-bond acceptors (Lipinski definition) is 2. The molecular weight excluding hydrogens is 120 g/mol. The Morgan fingerprint density at radius 2 is 2.14 bits per heavy atom. The summed E-state index contributed by atoms with van der Waals surface area (Å²) in [7, 11) is 0. The molecule has 0 aromatic carbocycles. The van der Waals surface area contributed by atoms with Gasteiger partial charge in [-0.1, -0.05) is 0 Å². The van der Waals surface area contributed by atoms with Crippen molar-refractivity contribution in [2.75, 3.05) is 6.61 Å². The number of carbonyl (C=O) groups is 1. The van der Waals surface area contributed by atoms with Crippen LogP contribution in [0, 0.1) is 37.7 Å². The minimum Gasteiger partial charge on any atom is -0.466 e. The van der Waals surface area contributed by atoms with Crippen LogP contribution in [0.1, 0.15) is 13.8 Å². The summed E-state index contributed by atoms with van der Waals surface area (Å²) < 4.78 is 4.40. The Morgan fingerprint density at radius 1 is 1.71 bits per heavy atom. The fraction of sp³-hybridized carbons (Fsp3) is 0.750. The average molecular weight is 128 g/mol. The Labute approximate surface area is 73.2 Å². The maximum Gasteiger partial charge on any atom is 0.302 e. The standard InChI is InChI=1S/C4H8O2.Ar/c1-3-6-4(2)5;/h3H2,1-2H3;. The van der Waals surface area contributed by atoms with Crippen molar-refractivity contribution >= 4 is 5.97 Å². The summed E-state index contributed by atoms with van der Waals surface area (Å²) in [5, 5.41) is 0. The summed E-state index contributed by atoms with van der Waals surface area (Å²) in [6, 6.07) is 0. The van der Waals surface area contributed by atoms with Crippen molar-refractivity contribution in [2.45, 2.75) is 13.8 Å². The van der Waals surface area contributed by atoms with E-state index < -0.39 is 0 Å². The van der Waals surface area contributed by atoms with E-state index in [2.05, 4.69) is 4.74 Å². The van der Waals surface area contributed by atoms with Crippen molar-refractivity contribution in [2.24, 2.45) is 0 Å². The first-order valence-corrected chi connectivity index (χ1v) is 1.90. The molecule has 0 aromatic heterocycles. The first-order valence-electron chi connectivity index (χ1n) is 1.90. The molecular formula is C4H8ArO2. The number of hydrogen-bond donors (Lipinski definition) is 0. The molecule has 2 nitrogen and oxygen atoms in total. The normalized spacial score (nSPS) is 6.57. The molecule has 0 fully saturated rings. The summed E-state index contributed by atoms with van der Waals surface area (Å²) in [5.74, 6) is -0.211. The molecule has 0 aromatic rings. The van der Waals surface area contributed by atoms with Crippen LogP contribution in [-0.2, 0) is 9.53 Å². The first kappa shape index (κ1) is 10.7. The van der Waals surface area contributed by atoms with Crippen LogP contribution in [0.15, 0.2) is 0 Å². The second-order valence-corrected chi connectivity index (χ2v) is 0.925. The van der Waals surface area contributed by atoms with Crippen molar-refractivity contribution < 1.29 is 47.3 Å². The molecule has 44 valence electrons. The van der Waals surface area contributed by atoms with Crippen LogP contribution in [0.4, 0.5) is 0 Å². The van der Waals surface area contributed by atoms with Crippen molar-refractivity contribution in [1.29, 1.82) is 0 Å². The van der Waals surface area contributed by atoms with Crippen LogP contribution < -0.4 is 0 Å². The summed E-state index contributed by atoms with van der Waals surface area (Å²) in [5.41, 5.74) is 0. The molecule has 0 radical (unpaired) electrons. The molecule has 0 aliphatic rings. The molecule has 0 bridgehead atoms. The molecule has 0 saturated heterocycles. The van der Waals surface area contributed by atoms with E-state index in [9.17, 15) is 4.79 Å². The molecule has 0 heterocycles. The monoisotopic (exact) mass is 128 g/mol. The largest absolute Gasteiger partial charge is 0.466 e. The van der Waals surface area contributed by atoms with Gasteiger partial charge in [-0.15, -0.1) is 0 Å². The molecule has 3 heteroatoms. The topological polar surface area (TPSA) is 26.3 Å². The van der Waals surface area contributed by atoms with Gasteiger partial charge in [-0.3, -0.25) is 4.79 Å². The van der Waals surface area contributed by atoms with Gasteiger partial charge in [0.2, 0.25) is 0 Å². The second-order valence-electron chi connectivity index (χ2n) is 0.925. The Morgan fingerprint density at radius 3 is 2.14 bits per heavy atom. The Balaban J connectivity index is 0. The summed E-state index contributed by atoms with van der Waals surface area (Å²) in [6.07, 6.45) is 0. The van der Waals surface area contributed by atoms with Gasteiger partial charge in [0.15, 0.2) is 0 Å². The fourth-order valence-corrected chi connectivity index (χ4v) is 0.203. The SMILES string of the molecule is CCOC(C)=O.[Ar]. The van der Waals surface area contributed by atoms with Gasteiger partial charge in [0, 0.05) is 44.7 Å². The van der Waals surface area contributed by atoms with E-state index in [-0.39, 0.29) is 43.7 Å². The van der Waals surface area contributed by atoms with Gasteiger partial charge in [0.05, 0.1) is 6.61 Å². The Bertz CT molecular complexity index is 53.7. The molecule has 0 amide bonds. The van der Waals surface area contributed by atoms with Crippen LogP contribution in [0.3, 0.4) is 0 Å². The Hall–Kier alpha value is 0.730. The van der Waals surface area contributed by atoms with Crippen molar-refractivity contribution in [3.8, 4) is 0 Å².